The van der Waals surface area contributed by atoms with Gasteiger partial charge in [0.25, 0.3) is 5.56 Å². The Balaban J connectivity index is 2.64. The summed E-state index contributed by atoms with van der Waals surface area (Å²) in [5.41, 5.74) is 2.76. The maximum atomic E-state index is 11.8. The summed E-state index contributed by atoms with van der Waals surface area (Å²) in [4.78, 5) is 11.8. The van der Waals surface area contributed by atoms with Crippen molar-refractivity contribution < 1.29 is 0 Å². The highest BCUT2D eigenvalue weighted by atomic mass is 79.9. The monoisotopic (exact) mass is 266 g/mol. The van der Waals surface area contributed by atoms with Gasteiger partial charge in [0.15, 0.2) is 0 Å². The highest BCUT2D eigenvalue weighted by Gasteiger charge is 2.08. The predicted octanol–water partition coefficient (Wildman–Crippen LogP) is 2.54. The van der Waals surface area contributed by atoms with E-state index in [0.29, 0.717) is 4.47 Å². The highest BCUT2D eigenvalue weighted by Crippen LogP contribution is 2.12. The van der Waals surface area contributed by atoms with E-state index in [2.05, 4.69) is 21.0 Å². The van der Waals surface area contributed by atoms with Crippen molar-refractivity contribution in [1.29, 1.82) is 0 Å². The molecule has 78 valence electrons. The molecule has 1 aromatic carbocycles. The number of aromatic nitrogens is 2. The van der Waals surface area contributed by atoms with Gasteiger partial charge >= 0.3 is 0 Å². The van der Waals surface area contributed by atoms with Gasteiger partial charge in [-0.1, -0.05) is 12.1 Å². The van der Waals surface area contributed by atoms with E-state index in [1.54, 1.807) is 0 Å². The predicted molar refractivity (Wildman–Crippen MR) is 63.6 cm³/mol. The topological polar surface area (TPSA) is 37.8 Å². The number of hydrogen-bond donors (Lipinski definition) is 1. The number of H-pyrrole nitrogens is 1. The van der Waals surface area contributed by atoms with Crippen LogP contribution in [0.2, 0.25) is 0 Å². The van der Waals surface area contributed by atoms with Crippen molar-refractivity contribution >= 4 is 15.9 Å². The summed E-state index contributed by atoms with van der Waals surface area (Å²) in [7, 11) is 0. The lowest BCUT2D eigenvalue weighted by Crippen LogP contribution is -2.14. The Morgan fingerprint density at radius 3 is 2.60 bits per heavy atom. The van der Waals surface area contributed by atoms with Crippen molar-refractivity contribution in [2.75, 3.05) is 0 Å². The molecule has 0 aliphatic carbocycles. The van der Waals surface area contributed by atoms with Crippen molar-refractivity contribution in [3.63, 3.8) is 0 Å². The fourth-order valence-corrected chi connectivity index (χ4v) is 1.74. The second-order valence-electron chi connectivity index (χ2n) is 3.53. The van der Waals surface area contributed by atoms with Crippen LogP contribution in [-0.4, -0.2) is 9.78 Å². The molecule has 4 heteroatoms. The molecular weight excluding hydrogens is 256 g/mol. The number of aryl methyl sites for hydroxylation is 2. The molecular formula is C11H11BrN2O. The number of benzene rings is 1. The van der Waals surface area contributed by atoms with Gasteiger partial charge < -0.3 is 0 Å². The third-order valence-corrected chi connectivity index (χ3v) is 3.19. The van der Waals surface area contributed by atoms with Gasteiger partial charge in [0.2, 0.25) is 0 Å². The minimum Gasteiger partial charge on any atom is -0.294 e. The lowest BCUT2D eigenvalue weighted by Gasteiger charge is -2.01. The van der Waals surface area contributed by atoms with Crippen molar-refractivity contribution in [3.8, 4) is 5.69 Å². The van der Waals surface area contributed by atoms with Gasteiger partial charge in [0, 0.05) is 5.69 Å². The zero-order chi connectivity index (χ0) is 11.0. The second kappa shape index (κ2) is 3.70. The number of rotatable bonds is 1. The molecule has 1 aromatic heterocycles. The van der Waals surface area contributed by atoms with Gasteiger partial charge in [-0.2, -0.15) is 0 Å². The lowest BCUT2D eigenvalue weighted by molar-refractivity contribution is 0.834. The first-order valence-corrected chi connectivity index (χ1v) is 5.43. The van der Waals surface area contributed by atoms with Crippen LogP contribution in [0, 0.1) is 13.8 Å². The Labute approximate surface area is 95.9 Å². The Morgan fingerprint density at radius 1 is 1.33 bits per heavy atom. The lowest BCUT2D eigenvalue weighted by atomic mass is 10.2. The van der Waals surface area contributed by atoms with E-state index in [4.69, 9.17) is 0 Å². The minimum atomic E-state index is -0.0573. The van der Waals surface area contributed by atoms with E-state index < -0.39 is 0 Å². The van der Waals surface area contributed by atoms with Crippen molar-refractivity contribution in [3.05, 3.63) is 50.3 Å². The molecule has 0 amide bonds. The third-order valence-electron chi connectivity index (χ3n) is 2.26. The van der Waals surface area contributed by atoms with Crippen LogP contribution < -0.4 is 5.56 Å². The fraction of sp³-hybridized carbons (Fsp3) is 0.182. The summed E-state index contributed by atoms with van der Waals surface area (Å²) >= 11 is 3.25. The molecule has 0 spiro atoms. The van der Waals surface area contributed by atoms with E-state index in [9.17, 15) is 4.79 Å². The molecule has 0 aliphatic rings. The molecule has 3 nitrogen and oxygen atoms in total. The zero-order valence-corrected chi connectivity index (χ0v) is 10.1. The number of nitrogens with one attached hydrogen (secondary N) is 1. The molecule has 0 saturated heterocycles. The van der Waals surface area contributed by atoms with E-state index in [0.717, 1.165) is 16.9 Å². The molecule has 0 radical (unpaired) electrons. The largest absolute Gasteiger partial charge is 0.294 e. The highest BCUT2D eigenvalue weighted by molar-refractivity contribution is 9.10. The molecule has 0 atom stereocenters. The third kappa shape index (κ3) is 1.77. The standard InChI is InChI=1S/C11H11BrN2O/c1-7-4-3-5-9(6-7)14-11(15)10(12)8(2)13-14/h3-6,13H,1-2H3. The maximum absolute atomic E-state index is 11.8. The van der Waals surface area contributed by atoms with E-state index >= 15 is 0 Å². The summed E-state index contributed by atoms with van der Waals surface area (Å²) in [6.07, 6.45) is 0. The van der Waals surface area contributed by atoms with Crippen molar-refractivity contribution in [2.24, 2.45) is 0 Å². The van der Waals surface area contributed by atoms with Crippen LogP contribution in [0.15, 0.2) is 33.5 Å². The number of aromatic amines is 1. The van der Waals surface area contributed by atoms with Gasteiger partial charge in [-0.3, -0.25) is 9.89 Å². The van der Waals surface area contributed by atoms with Crippen LogP contribution in [0.5, 0.6) is 0 Å². The number of nitrogens with zero attached hydrogens (tertiary/aromatic N) is 1. The number of halogens is 1. The van der Waals surface area contributed by atoms with Crippen LogP contribution in [0.4, 0.5) is 0 Å². The van der Waals surface area contributed by atoms with Crippen LogP contribution in [0.3, 0.4) is 0 Å². The van der Waals surface area contributed by atoms with E-state index in [-0.39, 0.29) is 5.56 Å². The average Bonchev–Trinajstić information content (AvgIpc) is 2.46. The number of hydrogen-bond acceptors (Lipinski definition) is 1. The molecule has 15 heavy (non-hydrogen) atoms. The first-order chi connectivity index (χ1) is 7.09. The second-order valence-corrected chi connectivity index (χ2v) is 4.32. The summed E-state index contributed by atoms with van der Waals surface area (Å²) in [6, 6.07) is 7.79. The molecule has 2 aromatic rings. The smallest absolute Gasteiger partial charge is 0.285 e. The summed E-state index contributed by atoms with van der Waals surface area (Å²) in [5.74, 6) is 0. The van der Waals surface area contributed by atoms with Crippen molar-refractivity contribution in [1.82, 2.24) is 9.78 Å². The Bertz CT molecular complexity index is 554. The average molecular weight is 267 g/mol. The van der Waals surface area contributed by atoms with E-state index in [1.807, 2.05) is 38.1 Å². The summed E-state index contributed by atoms with van der Waals surface area (Å²) in [6.45, 7) is 3.86. The Kier molecular flexibility index (Phi) is 2.52. The summed E-state index contributed by atoms with van der Waals surface area (Å²) < 4.78 is 2.12. The van der Waals surface area contributed by atoms with Gasteiger partial charge in [-0.15, -0.1) is 0 Å². The Morgan fingerprint density at radius 2 is 2.07 bits per heavy atom. The molecule has 2 rings (SSSR count). The molecule has 0 bridgehead atoms. The molecule has 0 unspecified atom stereocenters. The van der Waals surface area contributed by atoms with Crippen LogP contribution >= 0.6 is 15.9 Å². The maximum Gasteiger partial charge on any atom is 0.285 e. The zero-order valence-electron chi connectivity index (χ0n) is 8.54. The molecule has 0 fully saturated rings. The quantitative estimate of drug-likeness (QED) is 0.847. The summed E-state index contributed by atoms with van der Waals surface area (Å²) in [5, 5.41) is 3.01. The molecule has 0 saturated carbocycles. The van der Waals surface area contributed by atoms with Gasteiger partial charge in [-0.25, -0.2) is 4.68 Å². The van der Waals surface area contributed by atoms with Crippen molar-refractivity contribution in [2.45, 2.75) is 13.8 Å². The molecule has 1 heterocycles. The SMILES string of the molecule is Cc1cccc(-n2[nH]c(C)c(Br)c2=O)c1. The first kappa shape index (κ1) is 10.2. The minimum absolute atomic E-state index is 0.0573. The Hall–Kier alpha value is -1.29. The fourth-order valence-electron chi connectivity index (χ4n) is 1.47. The van der Waals surface area contributed by atoms with Gasteiger partial charge in [0.1, 0.15) is 4.47 Å². The van der Waals surface area contributed by atoms with Crippen LogP contribution in [0.25, 0.3) is 5.69 Å². The molecule has 0 aliphatic heterocycles. The van der Waals surface area contributed by atoms with Gasteiger partial charge in [0.05, 0.1) is 5.69 Å². The normalized spacial score (nSPS) is 10.6. The first-order valence-electron chi connectivity index (χ1n) is 4.64. The molecule has 1 N–H and O–H groups in total. The van der Waals surface area contributed by atoms with Gasteiger partial charge in [-0.05, 0) is 47.5 Å². The van der Waals surface area contributed by atoms with E-state index in [1.165, 1.54) is 4.68 Å². The van der Waals surface area contributed by atoms with Crippen LogP contribution in [-0.2, 0) is 0 Å². The van der Waals surface area contributed by atoms with Crippen LogP contribution in [0.1, 0.15) is 11.3 Å².